The Morgan fingerprint density at radius 1 is 1.21 bits per heavy atom. The van der Waals surface area contributed by atoms with Gasteiger partial charge in [0.1, 0.15) is 5.75 Å². The lowest BCUT2D eigenvalue weighted by molar-refractivity contribution is -0.385. The Morgan fingerprint density at radius 2 is 1.88 bits per heavy atom. The molecule has 0 N–H and O–H groups in total. The van der Waals surface area contributed by atoms with Crippen molar-refractivity contribution in [2.45, 2.75) is 20.4 Å². The summed E-state index contributed by atoms with van der Waals surface area (Å²) in [7, 11) is 1.70. The molecule has 0 fully saturated rings. The third-order valence-corrected chi connectivity index (χ3v) is 3.64. The van der Waals surface area contributed by atoms with Crippen molar-refractivity contribution in [3.63, 3.8) is 0 Å². The minimum Gasteiger partial charge on any atom is -0.494 e. The molecule has 0 bridgehead atoms. The Hall–Kier alpha value is -2.89. The summed E-state index contributed by atoms with van der Waals surface area (Å²) in [5.74, 6) is 0.614. The molecular formula is C18H20N2O4. The minimum absolute atomic E-state index is 0.0146. The molecule has 0 unspecified atom stereocenters. The summed E-state index contributed by atoms with van der Waals surface area (Å²) >= 11 is 0. The first-order chi connectivity index (χ1) is 11.4. The van der Waals surface area contributed by atoms with Crippen molar-refractivity contribution in [1.29, 1.82) is 0 Å². The van der Waals surface area contributed by atoms with E-state index >= 15 is 0 Å². The first-order valence-corrected chi connectivity index (χ1v) is 7.64. The fraction of sp³-hybridized carbons (Fsp3) is 0.278. The Bertz CT molecular complexity index is 741. The van der Waals surface area contributed by atoms with Crippen LogP contribution < -0.4 is 4.74 Å². The van der Waals surface area contributed by atoms with Crippen LogP contribution in [0, 0.1) is 17.0 Å². The minimum atomic E-state index is -0.451. The number of aryl methyl sites for hydroxylation is 1. The van der Waals surface area contributed by atoms with E-state index in [0.29, 0.717) is 24.3 Å². The lowest BCUT2D eigenvalue weighted by Gasteiger charge is -2.18. The van der Waals surface area contributed by atoms with Crippen LogP contribution in [0.3, 0.4) is 0 Å². The van der Waals surface area contributed by atoms with E-state index in [1.54, 1.807) is 24.9 Å². The zero-order valence-electron chi connectivity index (χ0n) is 14.0. The lowest BCUT2D eigenvalue weighted by Crippen LogP contribution is -2.26. The van der Waals surface area contributed by atoms with Crippen LogP contribution in [-0.4, -0.2) is 29.4 Å². The summed E-state index contributed by atoms with van der Waals surface area (Å²) in [4.78, 5) is 24.5. The number of rotatable bonds is 6. The standard InChI is InChI=1S/C18H20N2O4/c1-4-24-16-8-5-14(6-9-16)12-19(3)18(21)15-7-10-17(20(22)23)13(2)11-15/h5-11H,4,12H2,1-3H3. The van der Waals surface area contributed by atoms with Gasteiger partial charge in [-0.05, 0) is 43.7 Å². The maximum Gasteiger partial charge on any atom is 0.272 e. The maximum absolute atomic E-state index is 12.5. The number of nitro groups is 1. The monoisotopic (exact) mass is 328 g/mol. The highest BCUT2D eigenvalue weighted by molar-refractivity contribution is 5.94. The first kappa shape index (κ1) is 17.5. The number of hydrogen-bond donors (Lipinski definition) is 0. The highest BCUT2D eigenvalue weighted by Gasteiger charge is 2.16. The molecule has 1 amide bonds. The maximum atomic E-state index is 12.5. The number of hydrogen-bond acceptors (Lipinski definition) is 4. The molecule has 6 nitrogen and oxygen atoms in total. The first-order valence-electron chi connectivity index (χ1n) is 7.64. The number of carbonyl (C=O) groups excluding carboxylic acids is 1. The van der Waals surface area contributed by atoms with Gasteiger partial charge in [-0.3, -0.25) is 14.9 Å². The smallest absolute Gasteiger partial charge is 0.272 e. The van der Waals surface area contributed by atoms with Gasteiger partial charge in [-0.1, -0.05) is 12.1 Å². The van der Waals surface area contributed by atoms with E-state index in [0.717, 1.165) is 11.3 Å². The van der Waals surface area contributed by atoms with Gasteiger partial charge in [0.15, 0.2) is 0 Å². The molecule has 0 aromatic heterocycles. The fourth-order valence-electron chi connectivity index (χ4n) is 2.42. The summed E-state index contributed by atoms with van der Waals surface area (Å²) in [5, 5.41) is 10.9. The van der Waals surface area contributed by atoms with E-state index in [9.17, 15) is 14.9 Å². The van der Waals surface area contributed by atoms with E-state index < -0.39 is 4.92 Å². The van der Waals surface area contributed by atoms with Gasteiger partial charge < -0.3 is 9.64 Å². The number of amides is 1. The molecule has 24 heavy (non-hydrogen) atoms. The van der Waals surface area contributed by atoms with Gasteiger partial charge in [-0.15, -0.1) is 0 Å². The molecule has 0 atom stereocenters. The van der Waals surface area contributed by atoms with E-state index in [-0.39, 0.29) is 11.6 Å². The number of benzene rings is 2. The van der Waals surface area contributed by atoms with E-state index in [2.05, 4.69) is 0 Å². The van der Waals surface area contributed by atoms with Gasteiger partial charge in [0.05, 0.1) is 11.5 Å². The van der Waals surface area contributed by atoms with Crippen molar-refractivity contribution < 1.29 is 14.5 Å². The summed E-state index contributed by atoms with van der Waals surface area (Å²) in [5.41, 5.74) is 1.90. The zero-order chi connectivity index (χ0) is 17.7. The van der Waals surface area contributed by atoms with Crippen LogP contribution in [0.15, 0.2) is 42.5 Å². The number of nitrogens with zero attached hydrogens (tertiary/aromatic N) is 2. The van der Waals surface area contributed by atoms with Crippen LogP contribution in [0.2, 0.25) is 0 Å². The predicted octanol–water partition coefficient (Wildman–Crippen LogP) is 3.57. The SMILES string of the molecule is CCOc1ccc(CN(C)C(=O)c2ccc([N+](=O)[O-])c(C)c2)cc1. The Balaban J connectivity index is 2.09. The van der Waals surface area contributed by atoms with Crippen molar-refractivity contribution in [3.8, 4) is 5.75 Å². The second kappa shape index (κ2) is 7.59. The topological polar surface area (TPSA) is 72.7 Å². The van der Waals surface area contributed by atoms with Gasteiger partial charge in [0.2, 0.25) is 0 Å². The summed E-state index contributed by atoms with van der Waals surface area (Å²) in [6.07, 6.45) is 0. The van der Waals surface area contributed by atoms with Crippen molar-refractivity contribution in [3.05, 3.63) is 69.3 Å². The molecule has 0 radical (unpaired) electrons. The van der Waals surface area contributed by atoms with E-state index in [1.807, 2.05) is 31.2 Å². The Labute approximate surface area is 140 Å². The van der Waals surface area contributed by atoms with Crippen molar-refractivity contribution >= 4 is 11.6 Å². The van der Waals surface area contributed by atoms with E-state index in [1.165, 1.54) is 12.1 Å². The molecule has 126 valence electrons. The van der Waals surface area contributed by atoms with Crippen LogP contribution in [0.4, 0.5) is 5.69 Å². The predicted molar refractivity (Wildman–Crippen MR) is 91.2 cm³/mol. The fourth-order valence-corrected chi connectivity index (χ4v) is 2.42. The molecule has 2 rings (SSSR count). The quantitative estimate of drug-likeness (QED) is 0.600. The molecule has 6 heteroatoms. The third-order valence-electron chi connectivity index (χ3n) is 3.64. The van der Waals surface area contributed by atoms with Crippen LogP contribution in [0.1, 0.15) is 28.4 Å². The highest BCUT2D eigenvalue weighted by Crippen LogP contribution is 2.20. The third kappa shape index (κ3) is 4.10. The van der Waals surface area contributed by atoms with E-state index in [4.69, 9.17) is 4.74 Å². The van der Waals surface area contributed by atoms with Gasteiger partial charge >= 0.3 is 0 Å². The molecule has 2 aromatic rings. The second-order valence-corrected chi connectivity index (χ2v) is 5.50. The average Bonchev–Trinajstić information content (AvgIpc) is 2.55. The van der Waals surface area contributed by atoms with Gasteiger partial charge in [-0.2, -0.15) is 0 Å². The molecule has 0 aliphatic heterocycles. The molecule has 0 saturated heterocycles. The van der Waals surface area contributed by atoms with Gasteiger partial charge in [-0.25, -0.2) is 0 Å². The molecule has 0 heterocycles. The molecular weight excluding hydrogens is 308 g/mol. The number of nitro benzene ring substituents is 1. The van der Waals surface area contributed by atoms with Gasteiger partial charge in [0, 0.05) is 30.8 Å². The Morgan fingerprint density at radius 3 is 2.42 bits per heavy atom. The molecule has 0 aliphatic rings. The number of ether oxygens (including phenoxy) is 1. The van der Waals surface area contributed by atoms with Crippen LogP contribution in [-0.2, 0) is 6.54 Å². The van der Waals surface area contributed by atoms with Crippen molar-refractivity contribution in [1.82, 2.24) is 4.90 Å². The van der Waals surface area contributed by atoms with Gasteiger partial charge in [0.25, 0.3) is 11.6 Å². The number of carbonyl (C=O) groups is 1. The summed E-state index contributed by atoms with van der Waals surface area (Å²) in [6.45, 7) is 4.60. The van der Waals surface area contributed by atoms with Crippen LogP contribution in [0.25, 0.3) is 0 Å². The average molecular weight is 328 g/mol. The Kier molecular flexibility index (Phi) is 5.52. The molecule has 0 saturated carbocycles. The highest BCUT2D eigenvalue weighted by atomic mass is 16.6. The largest absolute Gasteiger partial charge is 0.494 e. The second-order valence-electron chi connectivity index (χ2n) is 5.50. The summed E-state index contributed by atoms with van der Waals surface area (Å²) < 4.78 is 5.39. The molecule has 2 aromatic carbocycles. The van der Waals surface area contributed by atoms with Crippen LogP contribution in [0.5, 0.6) is 5.75 Å². The van der Waals surface area contributed by atoms with Crippen molar-refractivity contribution in [2.75, 3.05) is 13.7 Å². The van der Waals surface area contributed by atoms with Crippen molar-refractivity contribution in [2.24, 2.45) is 0 Å². The summed E-state index contributed by atoms with van der Waals surface area (Å²) in [6, 6.07) is 12.0. The van der Waals surface area contributed by atoms with Crippen LogP contribution >= 0.6 is 0 Å². The zero-order valence-corrected chi connectivity index (χ0v) is 14.0. The molecule has 0 spiro atoms. The normalized spacial score (nSPS) is 10.3. The molecule has 0 aliphatic carbocycles. The lowest BCUT2D eigenvalue weighted by atomic mass is 10.1.